The van der Waals surface area contributed by atoms with Crippen molar-refractivity contribution in [3.05, 3.63) is 98.5 Å². The summed E-state index contributed by atoms with van der Waals surface area (Å²) in [6.07, 6.45) is 1.66. The molecule has 5 heterocycles. The lowest BCUT2D eigenvalue weighted by atomic mass is 9.75. The minimum absolute atomic E-state index is 0.164. The molecule has 3 aromatic carbocycles. The summed E-state index contributed by atoms with van der Waals surface area (Å²) < 4.78 is 1.65. The van der Waals surface area contributed by atoms with Crippen molar-refractivity contribution < 1.29 is 9.59 Å². The fourth-order valence-electron chi connectivity index (χ4n) is 7.51. The highest BCUT2D eigenvalue weighted by Crippen LogP contribution is 2.62. The molecule has 4 aliphatic rings. The zero-order chi connectivity index (χ0) is 25.9. The molecule has 2 amide bonds. The van der Waals surface area contributed by atoms with Gasteiger partial charge in [0, 0.05) is 16.6 Å². The summed E-state index contributed by atoms with van der Waals surface area (Å²) >= 11 is 12.8. The molecule has 0 N–H and O–H groups in total. The van der Waals surface area contributed by atoms with Gasteiger partial charge in [-0.15, -0.1) is 0 Å². The van der Waals surface area contributed by atoms with Crippen molar-refractivity contribution in [1.82, 2.24) is 14.5 Å². The molecule has 4 aromatic rings. The fourth-order valence-corrected chi connectivity index (χ4v) is 7.88. The SMILES string of the molecule is O=C1[C@H]2[C@@H](C(=O)N1c1cc(Cl)ccc1Cl)[C@]1(c3ccccc3-n3c1nc1ccccc1c3=O)N1CCC[C@@H]21. The number of aromatic nitrogens is 2. The van der Waals surface area contributed by atoms with Gasteiger partial charge in [0.1, 0.15) is 11.4 Å². The summed E-state index contributed by atoms with van der Waals surface area (Å²) in [6, 6.07) is 19.6. The molecule has 1 spiro atoms. The highest BCUT2D eigenvalue weighted by Gasteiger charge is 2.73. The quantitative estimate of drug-likeness (QED) is 0.330. The number of para-hydroxylation sites is 2. The van der Waals surface area contributed by atoms with E-state index in [0.717, 1.165) is 18.4 Å². The first kappa shape index (κ1) is 22.5. The van der Waals surface area contributed by atoms with Crippen LogP contribution in [0.3, 0.4) is 0 Å². The lowest BCUT2D eigenvalue weighted by Crippen LogP contribution is -2.51. The lowest BCUT2D eigenvalue weighted by Gasteiger charge is -2.38. The molecular weight excluding hydrogens is 523 g/mol. The largest absolute Gasteiger partial charge is 0.283 e. The predicted molar refractivity (Wildman–Crippen MR) is 144 cm³/mol. The Morgan fingerprint density at radius 3 is 2.55 bits per heavy atom. The third-order valence-corrected chi connectivity index (χ3v) is 9.34. The number of halogens is 2. The lowest BCUT2D eigenvalue weighted by molar-refractivity contribution is -0.124. The first-order valence-electron chi connectivity index (χ1n) is 12.7. The van der Waals surface area contributed by atoms with E-state index in [1.54, 1.807) is 28.8 Å². The number of nitrogens with zero attached hydrogens (tertiary/aromatic N) is 4. The maximum Gasteiger partial charge on any atom is 0.266 e. The van der Waals surface area contributed by atoms with Crippen LogP contribution in [-0.4, -0.2) is 38.9 Å². The van der Waals surface area contributed by atoms with Crippen LogP contribution in [0.5, 0.6) is 0 Å². The van der Waals surface area contributed by atoms with Crippen LogP contribution in [0.1, 0.15) is 24.2 Å². The number of rotatable bonds is 1. The number of hydrogen-bond donors (Lipinski definition) is 0. The van der Waals surface area contributed by atoms with E-state index in [1.807, 2.05) is 42.5 Å². The van der Waals surface area contributed by atoms with E-state index in [-0.39, 0.29) is 28.4 Å². The van der Waals surface area contributed by atoms with Crippen molar-refractivity contribution >= 4 is 51.6 Å². The molecule has 7 nitrogen and oxygen atoms in total. The van der Waals surface area contributed by atoms with Crippen molar-refractivity contribution in [2.75, 3.05) is 11.4 Å². The van der Waals surface area contributed by atoms with E-state index in [0.29, 0.717) is 39.7 Å². The van der Waals surface area contributed by atoms with Gasteiger partial charge in [-0.25, -0.2) is 9.88 Å². The van der Waals surface area contributed by atoms with Crippen LogP contribution in [0, 0.1) is 11.8 Å². The van der Waals surface area contributed by atoms with E-state index in [9.17, 15) is 14.4 Å². The number of hydrogen-bond acceptors (Lipinski definition) is 5. The smallest absolute Gasteiger partial charge is 0.266 e. The molecule has 4 aliphatic heterocycles. The van der Waals surface area contributed by atoms with E-state index in [2.05, 4.69) is 4.90 Å². The second kappa shape index (κ2) is 7.53. The van der Waals surface area contributed by atoms with Crippen LogP contribution < -0.4 is 10.5 Å². The van der Waals surface area contributed by atoms with E-state index >= 15 is 0 Å². The third kappa shape index (κ3) is 2.50. The van der Waals surface area contributed by atoms with Crippen molar-refractivity contribution in [2.45, 2.75) is 24.4 Å². The Hall–Kier alpha value is -3.52. The Bertz CT molecular complexity index is 1800. The summed E-state index contributed by atoms with van der Waals surface area (Å²) in [4.78, 5) is 51.1. The standard InChI is InChI=1S/C29H20Cl2N4O3/c30-15-11-12-18(31)22(14-15)34-26(37)23-21-10-5-13-33(21)29(24(23)27(34)38)17-7-2-4-9-20(17)35-25(36)16-6-1-3-8-19(16)32-28(29)35/h1-4,6-9,11-12,14,21,23-24H,5,10,13H2/t21-,23+,24-,29-/m0/s1. The van der Waals surface area contributed by atoms with Gasteiger partial charge in [0.25, 0.3) is 5.56 Å². The van der Waals surface area contributed by atoms with Gasteiger partial charge < -0.3 is 0 Å². The van der Waals surface area contributed by atoms with Gasteiger partial charge in [-0.3, -0.25) is 23.9 Å². The summed E-state index contributed by atoms with van der Waals surface area (Å²) in [7, 11) is 0. The highest BCUT2D eigenvalue weighted by molar-refractivity contribution is 6.38. The minimum atomic E-state index is -1.06. The van der Waals surface area contributed by atoms with Crippen LogP contribution >= 0.6 is 23.2 Å². The van der Waals surface area contributed by atoms with Crippen molar-refractivity contribution in [1.29, 1.82) is 0 Å². The average molecular weight is 543 g/mol. The van der Waals surface area contributed by atoms with Crippen LogP contribution in [0.4, 0.5) is 5.69 Å². The maximum absolute atomic E-state index is 14.5. The van der Waals surface area contributed by atoms with Gasteiger partial charge in [-0.05, 0) is 55.8 Å². The second-order valence-electron chi connectivity index (χ2n) is 10.4. The van der Waals surface area contributed by atoms with Crippen LogP contribution in [0.2, 0.25) is 10.0 Å². The zero-order valence-electron chi connectivity index (χ0n) is 20.0. The molecule has 3 fully saturated rings. The maximum atomic E-state index is 14.5. The summed E-state index contributed by atoms with van der Waals surface area (Å²) in [5, 5.41) is 1.17. The molecule has 8 rings (SSSR count). The first-order chi connectivity index (χ1) is 18.4. The van der Waals surface area contributed by atoms with Crippen molar-refractivity contribution in [2.24, 2.45) is 11.8 Å². The van der Waals surface area contributed by atoms with Gasteiger partial charge in [0.2, 0.25) is 11.8 Å². The molecule has 0 radical (unpaired) electrons. The topological polar surface area (TPSA) is 75.5 Å². The molecule has 1 aromatic heterocycles. The molecule has 9 heteroatoms. The third-order valence-electron chi connectivity index (χ3n) is 8.79. The van der Waals surface area contributed by atoms with Gasteiger partial charge in [0.05, 0.1) is 39.1 Å². The monoisotopic (exact) mass is 542 g/mol. The van der Waals surface area contributed by atoms with Gasteiger partial charge in [-0.1, -0.05) is 53.5 Å². The molecule has 0 saturated carbocycles. The average Bonchev–Trinajstić information content (AvgIpc) is 3.63. The summed E-state index contributed by atoms with van der Waals surface area (Å²) in [5.41, 5.74) is 1.16. The van der Waals surface area contributed by atoms with Gasteiger partial charge >= 0.3 is 0 Å². The van der Waals surface area contributed by atoms with Crippen LogP contribution in [0.25, 0.3) is 16.6 Å². The molecule has 0 unspecified atom stereocenters. The number of imide groups is 1. The number of carbonyl (C=O) groups excluding carboxylic acids is 2. The van der Waals surface area contributed by atoms with Crippen LogP contribution in [-0.2, 0) is 15.1 Å². The molecule has 0 bridgehead atoms. The number of fused-ring (bicyclic) bond motifs is 11. The molecule has 38 heavy (non-hydrogen) atoms. The Morgan fingerprint density at radius 2 is 1.68 bits per heavy atom. The van der Waals surface area contributed by atoms with Crippen molar-refractivity contribution in [3.8, 4) is 5.69 Å². The molecular formula is C29H20Cl2N4O3. The Morgan fingerprint density at radius 1 is 0.895 bits per heavy atom. The highest BCUT2D eigenvalue weighted by atomic mass is 35.5. The molecule has 0 aliphatic carbocycles. The summed E-state index contributed by atoms with van der Waals surface area (Å²) in [6.45, 7) is 0.702. The van der Waals surface area contributed by atoms with E-state index in [1.165, 1.54) is 4.90 Å². The van der Waals surface area contributed by atoms with E-state index in [4.69, 9.17) is 28.2 Å². The fraction of sp³-hybridized carbons (Fsp3) is 0.241. The normalized spacial score (nSPS) is 27.3. The van der Waals surface area contributed by atoms with Gasteiger partial charge in [0.15, 0.2) is 0 Å². The Kier molecular flexibility index (Phi) is 4.45. The Balaban J connectivity index is 1.45. The van der Waals surface area contributed by atoms with Gasteiger partial charge in [-0.2, -0.15) is 0 Å². The zero-order valence-corrected chi connectivity index (χ0v) is 21.5. The Labute approximate surface area is 227 Å². The predicted octanol–water partition coefficient (Wildman–Crippen LogP) is 4.53. The van der Waals surface area contributed by atoms with E-state index < -0.39 is 17.4 Å². The summed E-state index contributed by atoms with van der Waals surface area (Å²) in [5.74, 6) is -1.48. The number of carbonyl (C=O) groups is 2. The molecule has 3 saturated heterocycles. The second-order valence-corrected chi connectivity index (χ2v) is 11.2. The molecule has 4 atom stereocenters. The molecule has 188 valence electrons. The number of amides is 2. The minimum Gasteiger partial charge on any atom is -0.283 e. The van der Waals surface area contributed by atoms with Crippen molar-refractivity contribution in [3.63, 3.8) is 0 Å². The number of anilines is 1. The number of benzene rings is 3. The van der Waals surface area contributed by atoms with Crippen LogP contribution in [0.15, 0.2) is 71.5 Å². The first-order valence-corrected chi connectivity index (χ1v) is 13.4.